The van der Waals surface area contributed by atoms with Gasteiger partial charge in [-0.25, -0.2) is 4.72 Å². The number of hydrogen-bond donors (Lipinski definition) is 3. The number of rotatable bonds is 7. The highest BCUT2D eigenvalue weighted by Crippen LogP contribution is 2.33. The van der Waals surface area contributed by atoms with Gasteiger partial charge in [-0.1, -0.05) is 23.2 Å². The summed E-state index contributed by atoms with van der Waals surface area (Å²) in [5.74, 6) is -1.02. The molecular formula is C20H27Cl2N5O4S. The lowest BCUT2D eigenvalue weighted by Crippen LogP contribution is -2.61. The smallest absolute Gasteiger partial charge is 0.303 e. The highest BCUT2D eigenvalue weighted by Gasteiger charge is 2.41. The number of benzene rings is 1. The summed E-state index contributed by atoms with van der Waals surface area (Å²) in [5, 5.41) is 4.47. The van der Waals surface area contributed by atoms with Crippen LogP contribution in [0, 0.1) is 0 Å². The fourth-order valence-corrected chi connectivity index (χ4v) is 5.88. The lowest BCUT2D eigenvalue weighted by Gasteiger charge is -2.42. The summed E-state index contributed by atoms with van der Waals surface area (Å²) in [4.78, 5) is 24.7. The molecule has 1 aromatic heterocycles. The fourth-order valence-electron chi connectivity index (χ4n) is 4.22. The van der Waals surface area contributed by atoms with Gasteiger partial charge in [-0.05, 0) is 50.4 Å². The van der Waals surface area contributed by atoms with E-state index in [1.54, 1.807) is 29.8 Å². The zero-order chi connectivity index (χ0) is 23.7. The maximum atomic E-state index is 13.3. The van der Waals surface area contributed by atoms with Crippen LogP contribution in [0.1, 0.15) is 43.1 Å². The summed E-state index contributed by atoms with van der Waals surface area (Å²) in [6.45, 7) is 1.84. The van der Waals surface area contributed by atoms with Crippen molar-refractivity contribution in [2.24, 2.45) is 12.8 Å². The van der Waals surface area contributed by atoms with E-state index in [4.69, 9.17) is 28.9 Å². The average molecular weight is 504 g/mol. The minimum absolute atomic E-state index is 0.0396. The maximum Gasteiger partial charge on any atom is 0.303 e. The van der Waals surface area contributed by atoms with Gasteiger partial charge >= 0.3 is 10.2 Å². The standard InChI is InChI=1S/C20H27Cl2N5O4S/c1-13(28)25-32(30,31)27-10-4-8-20(12-27,7-3-9-23)24-19(29)17-11-14-16(26(17)2)6-5-15(21)18(14)22/h5-6,11H,3-4,7-10,12,23H2,1-2H3,(H,24,29)(H,25,28). The average Bonchev–Trinajstić information content (AvgIpc) is 3.06. The molecular weight excluding hydrogens is 477 g/mol. The molecule has 1 fully saturated rings. The Bertz CT molecular complexity index is 1150. The largest absolute Gasteiger partial charge is 0.344 e. The lowest BCUT2D eigenvalue weighted by atomic mass is 9.85. The number of carbonyl (C=O) groups is 2. The molecule has 2 heterocycles. The highest BCUT2D eigenvalue weighted by molar-refractivity contribution is 7.87. The van der Waals surface area contributed by atoms with Crippen molar-refractivity contribution in [2.75, 3.05) is 19.6 Å². The topological polar surface area (TPSA) is 127 Å². The third kappa shape index (κ3) is 5.04. The Morgan fingerprint density at radius 3 is 2.66 bits per heavy atom. The van der Waals surface area contributed by atoms with Gasteiger partial charge in [-0.15, -0.1) is 0 Å². The number of fused-ring (bicyclic) bond motifs is 1. The minimum Gasteiger partial charge on any atom is -0.344 e. The molecule has 0 saturated carbocycles. The van der Waals surface area contributed by atoms with Crippen molar-refractivity contribution in [3.63, 3.8) is 0 Å². The molecule has 1 aliphatic heterocycles. The van der Waals surface area contributed by atoms with Crippen LogP contribution in [0.2, 0.25) is 10.0 Å². The number of nitrogens with zero attached hydrogens (tertiary/aromatic N) is 2. The molecule has 0 aliphatic carbocycles. The predicted molar refractivity (Wildman–Crippen MR) is 125 cm³/mol. The van der Waals surface area contributed by atoms with E-state index < -0.39 is 21.7 Å². The van der Waals surface area contributed by atoms with E-state index in [9.17, 15) is 18.0 Å². The molecule has 1 saturated heterocycles. The Kier molecular flexibility index (Phi) is 7.41. The summed E-state index contributed by atoms with van der Waals surface area (Å²) in [5.41, 5.74) is 6.01. The first-order valence-corrected chi connectivity index (χ1v) is 12.4. The van der Waals surface area contributed by atoms with E-state index >= 15 is 0 Å². The Balaban J connectivity index is 1.92. The van der Waals surface area contributed by atoms with Gasteiger partial charge in [-0.2, -0.15) is 12.7 Å². The third-order valence-corrected chi connectivity index (χ3v) is 8.09. The quantitative estimate of drug-likeness (QED) is 0.533. The number of amides is 2. The van der Waals surface area contributed by atoms with Gasteiger partial charge in [0.2, 0.25) is 5.91 Å². The zero-order valence-electron chi connectivity index (χ0n) is 18.0. The van der Waals surface area contributed by atoms with Crippen molar-refractivity contribution in [1.29, 1.82) is 0 Å². The number of carbonyl (C=O) groups excluding carboxylic acids is 2. The molecule has 1 atom stereocenters. The van der Waals surface area contributed by atoms with Gasteiger partial charge in [-0.3, -0.25) is 9.59 Å². The summed E-state index contributed by atoms with van der Waals surface area (Å²) in [7, 11) is -2.25. The highest BCUT2D eigenvalue weighted by atomic mass is 35.5. The second kappa shape index (κ2) is 9.56. The van der Waals surface area contributed by atoms with Crippen LogP contribution in [0.4, 0.5) is 0 Å². The van der Waals surface area contributed by atoms with Crippen molar-refractivity contribution in [1.82, 2.24) is 18.9 Å². The van der Waals surface area contributed by atoms with Crippen LogP contribution >= 0.6 is 23.2 Å². The molecule has 32 heavy (non-hydrogen) atoms. The predicted octanol–water partition coefficient (Wildman–Crippen LogP) is 2.17. The van der Waals surface area contributed by atoms with Crippen molar-refractivity contribution in [3.8, 4) is 0 Å². The summed E-state index contributed by atoms with van der Waals surface area (Å²) in [6.07, 6.45) is 2.21. The van der Waals surface area contributed by atoms with Crippen LogP contribution in [0.15, 0.2) is 18.2 Å². The Labute approximate surface area is 197 Å². The molecule has 1 aliphatic rings. The number of aromatic nitrogens is 1. The Hall–Kier alpha value is -1.85. The van der Waals surface area contributed by atoms with E-state index in [0.717, 1.165) is 12.4 Å². The molecule has 2 amide bonds. The number of nitrogens with one attached hydrogen (secondary N) is 2. The van der Waals surface area contributed by atoms with Crippen LogP contribution in [0.5, 0.6) is 0 Å². The van der Waals surface area contributed by atoms with E-state index in [1.165, 1.54) is 4.31 Å². The van der Waals surface area contributed by atoms with Gasteiger partial charge in [0.05, 0.1) is 15.6 Å². The molecule has 3 rings (SSSR count). The second-order valence-electron chi connectivity index (χ2n) is 8.11. The Morgan fingerprint density at radius 1 is 1.28 bits per heavy atom. The number of piperidine rings is 1. The van der Waals surface area contributed by atoms with Gasteiger partial charge in [0.15, 0.2) is 0 Å². The number of aryl methyl sites for hydroxylation is 1. The van der Waals surface area contributed by atoms with Crippen LogP contribution in [-0.4, -0.2) is 54.3 Å². The Morgan fingerprint density at radius 2 is 2.00 bits per heavy atom. The van der Waals surface area contributed by atoms with Gasteiger partial charge in [0.1, 0.15) is 5.69 Å². The van der Waals surface area contributed by atoms with E-state index in [1.807, 2.05) is 4.72 Å². The number of halogens is 2. The normalized spacial score (nSPS) is 19.8. The molecule has 176 valence electrons. The van der Waals surface area contributed by atoms with Crippen molar-refractivity contribution in [3.05, 3.63) is 33.9 Å². The number of hydrogen-bond acceptors (Lipinski definition) is 5. The van der Waals surface area contributed by atoms with E-state index in [2.05, 4.69) is 5.32 Å². The zero-order valence-corrected chi connectivity index (χ0v) is 20.3. The van der Waals surface area contributed by atoms with Crippen molar-refractivity contribution >= 4 is 56.1 Å². The van der Waals surface area contributed by atoms with E-state index in [-0.39, 0.29) is 19.0 Å². The SMILES string of the molecule is CC(=O)NS(=O)(=O)N1CCCC(CCCN)(NC(=O)c2cc3c(Cl)c(Cl)ccc3n2C)C1. The maximum absolute atomic E-state index is 13.3. The first kappa shape index (κ1) is 24.8. The molecule has 9 nitrogen and oxygen atoms in total. The van der Waals surface area contributed by atoms with E-state index in [0.29, 0.717) is 53.4 Å². The number of nitrogens with two attached hydrogens (primary N) is 1. The van der Waals surface area contributed by atoms with Crippen LogP contribution in [0.25, 0.3) is 10.9 Å². The van der Waals surface area contributed by atoms with Crippen LogP contribution < -0.4 is 15.8 Å². The molecule has 0 spiro atoms. The van der Waals surface area contributed by atoms with Crippen LogP contribution in [-0.2, 0) is 22.1 Å². The van der Waals surface area contributed by atoms with Crippen LogP contribution in [0.3, 0.4) is 0 Å². The minimum atomic E-state index is -4.00. The molecule has 0 bridgehead atoms. The summed E-state index contributed by atoms with van der Waals surface area (Å²) < 4.78 is 30.1. The molecule has 1 aromatic carbocycles. The van der Waals surface area contributed by atoms with Gasteiger partial charge in [0.25, 0.3) is 5.91 Å². The molecule has 2 aromatic rings. The summed E-state index contributed by atoms with van der Waals surface area (Å²) in [6, 6.07) is 5.12. The van der Waals surface area contributed by atoms with Crippen molar-refractivity contribution in [2.45, 2.75) is 38.1 Å². The summed E-state index contributed by atoms with van der Waals surface area (Å²) >= 11 is 12.4. The first-order chi connectivity index (χ1) is 15.0. The molecule has 4 N–H and O–H groups in total. The fraction of sp³-hybridized carbons (Fsp3) is 0.500. The third-order valence-electron chi connectivity index (χ3n) is 5.74. The second-order valence-corrected chi connectivity index (χ2v) is 10.6. The monoisotopic (exact) mass is 503 g/mol. The lowest BCUT2D eigenvalue weighted by molar-refractivity contribution is -0.117. The molecule has 0 radical (unpaired) electrons. The van der Waals surface area contributed by atoms with Gasteiger partial charge < -0.3 is 15.6 Å². The van der Waals surface area contributed by atoms with Crippen molar-refractivity contribution < 1.29 is 18.0 Å². The van der Waals surface area contributed by atoms with Gasteiger partial charge in [0, 0.05) is 38.0 Å². The molecule has 1 unspecified atom stereocenters. The first-order valence-electron chi connectivity index (χ1n) is 10.2. The molecule has 12 heteroatoms.